The first-order valence-electron chi connectivity index (χ1n) is 9.38. The Hall–Kier alpha value is -2.99. The molecule has 0 N–H and O–H groups in total. The molecule has 0 aliphatic rings. The zero-order chi connectivity index (χ0) is 21.2. The molecule has 29 heavy (non-hydrogen) atoms. The number of anilines is 4. The first kappa shape index (κ1) is 20.7. The fourth-order valence-electron chi connectivity index (χ4n) is 3.40. The molecule has 0 amide bonds. The minimum atomic E-state index is -3.81. The number of nitrogens with zero attached hydrogens (tertiary/aromatic N) is 3. The topological polar surface area (TPSA) is 43.9 Å². The zero-order valence-corrected chi connectivity index (χ0v) is 18.3. The Bertz CT molecular complexity index is 1050. The lowest BCUT2D eigenvalue weighted by Gasteiger charge is -2.29. The average molecular weight is 410 g/mol. The van der Waals surface area contributed by atoms with Crippen LogP contribution in [0.5, 0.6) is 0 Å². The van der Waals surface area contributed by atoms with Gasteiger partial charge in [0.1, 0.15) is 0 Å². The SMILES string of the molecule is Cc1c(N(C)C)cc(N(c2ccccc2)S(=O)(=O)c2ccccc2)cc1N(C)C. The molecule has 0 fully saturated rings. The van der Waals surface area contributed by atoms with Crippen LogP contribution in [-0.2, 0) is 10.0 Å². The predicted octanol–water partition coefficient (Wildman–Crippen LogP) is 4.65. The third-order valence-corrected chi connectivity index (χ3v) is 6.58. The third-order valence-electron chi connectivity index (χ3n) is 4.81. The molecule has 6 heteroatoms. The maximum atomic E-state index is 13.7. The van der Waals surface area contributed by atoms with Gasteiger partial charge in [0.2, 0.25) is 0 Å². The largest absolute Gasteiger partial charge is 0.377 e. The highest BCUT2D eigenvalue weighted by Crippen LogP contribution is 2.39. The molecule has 0 atom stereocenters. The third kappa shape index (κ3) is 4.07. The van der Waals surface area contributed by atoms with Crippen LogP contribution in [0.1, 0.15) is 5.56 Å². The van der Waals surface area contributed by atoms with Crippen LogP contribution in [-0.4, -0.2) is 36.6 Å². The van der Waals surface area contributed by atoms with Gasteiger partial charge in [-0.05, 0) is 48.9 Å². The van der Waals surface area contributed by atoms with Crippen molar-refractivity contribution >= 4 is 32.8 Å². The van der Waals surface area contributed by atoms with E-state index in [1.807, 2.05) is 93.4 Å². The first-order chi connectivity index (χ1) is 13.7. The summed E-state index contributed by atoms with van der Waals surface area (Å²) in [5, 5.41) is 0. The van der Waals surface area contributed by atoms with E-state index in [1.165, 1.54) is 4.31 Å². The van der Waals surface area contributed by atoms with Gasteiger partial charge in [-0.3, -0.25) is 0 Å². The van der Waals surface area contributed by atoms with Gasteiger partial charge in [0.25, 0.3) is 10.0 Å². The van der Waals surface area contributed by atoms with E-state index in [2.05, 4.69) is 0 Å². The summed E-state index contributed by atoms with van der Waals surface area (Å²) >= 11 is 0. The molecule has 5 nitrogen and oxygen atoms in total. The van der Waals surface area contributed by atoms with Gasteiger partial charge >= 0.3 is 0 Å². The Balaban J connectivity index is 2.31. The molecule has 0 aliphatic carbocycles. The molecule has 152 valence electrons. The Labute approximate surface area is 173 Å². The Morgan fingerprint density at radius 3 is 1.55 bits per heavy atom. The summed E-state index contributed by atoms with van der Waals surface area (Å²) in [5.74, 6) is 0. The van der Waals surface area contributed by atoms with Gasteiger partial charge in [0.15, 0.2) is 0 Å². The van der Waals surface area contributed by atoms with Crippen LogP contribution in [0.2, 0.25) is 0 Å². The van der Waals surface area contributed by atoms with Crippen molar-refractivity contribution in [1.29, 1.82) is 0 Å². The highest BCUT2D eigenvalue weighted by Gasteiger charge is 2.28. The van der Waals surface area contributed by atoms with E-state index >= 15 is 0 Å². The molecule has 3 aromatic rings. The minimum absolute atomic E-state index is 0.252. The summed E-state index contributed by atoms with van der Waals surface area (Å²) in [7, 11) is 4.04. The summed E-state index contributed by atoms with van der Waals surface area (Å²) < 4.78 is 28.8. The predicted molar refractivity (Wildman–Crippen MR) is 122 cm³/mol. The molecule has 0 heterocycles. The van der Waals surface area contributed by atoms with Crippen LogP contribution in [0.3, 0.4) is 0 Å². The molecule has 0 saturated heterocycles. The maximum absolute atomic E-state index is 13.7. The van der Waals surface area contributed by atoms with E-state index in [9.17, 15) is 8.42 Å². The van der Waals surface area contributed by atoms with Gasteiger partial charge in [-0.25, -0.2) is 12.7 Å². The van der Waals surface area contributed by atoms with Crippen molar-refractivity contribution in [3.05, 3.63) is 78.4 Å². The standard InChI is InChI=1S/C23H27N3O2S/c1-18-22(24(2)3)16-20(17-23(18)25(4)5)26(19-12-8-6-9-13-19)29(27,28)21-14-10-7-11-15-21/h6-17H,1-5H3. The summed E-state index contributed by atoms with van der Waals surface area (Å²) in [6.45, 7) is 2.05. The van der Waals surface area contributed by atoms with Crippen LogP contribution < -0.4 is 14.1 Å². The number of hydrogen-bond acceptors (Lipinski definition) is 4. The first-order valence-corrected chi connectivity index (χ1v) is 10.8. The van der Waals surface area contributed by atoms with E-state index < -0.39 is 10.0 Å². The molecule has 0 radical (unpaired) electrons. The quantitative estimate of drug-likeness (QED) is 0.594. The number of sulfonamides is 1. The molecule has 0 spiro atoms. The van der Waals surface area contributed by atoms with Gasteiger partial charge in [0, 0.05) is 39.6 Å². The molecule has 0 unspecified atom stereocenters. The van der Waals surface area contributed by atoms with Crippen molar-refractivity contribution in [2.45, 2.75) is 11.8 Å². The smallest absolute Gasteiger partial charge is 0.268 e. The average Bonchev–Trinajstić information content (AvgIpc) is 2.70. The van der Waals surface area contributed by atoms with Crippen molar-refractivity contribution in [3.63, 3.8) is 0 Å². The monoisotopic (exact) mass is 409 g/mol. The van der Waals surface area contributed by atoms with Crippen molar-refractivity contribution in [3.8, 4) is 0 Å². The lowest BCUT2D eigenvalue weighted by molar-refractivity contribution is 0.596. The number of rotatable bonds is 6. The van der Waals surface area contributed by atoms with Crippen LogP contribution >= 0.6 is 0 Å². The van der Waals surface area contributed by atoms with Gasteiger partial charge in [-0.15, -0.1) is 0 Å². The second-order valence-electron chi connectivity index (χ2n) is 7.32. The molecular formula is C23H27N3O2S. The highest BCUT2D eigenvalue weighted by molar-refractivity contribution is 7.93. The Kier molecular flexibility index (Phi) is 5.84. The van der Waals surface area contributed by atoms with Crippen molar-refractivity contribution in [2.75, 3.05) is 42.3 Å². The van der Waals surface area contributed by atoms with Gasteiger partial charge in [-0.2, -0.15) is 0 Å². The van der Waals surface area contributed by atoms with Crippen molar-refractivity contribution < 1.29 is 8.42 Å². The molecule has 3 rings (SSSR count). The molecule has 0 aliphatic heterocycles. The molecule has 0 bridgehead atoms. The molecule has 0 aromatic heterocycles. The van der Waals surface area contributed by atoms with Gasteiger partial charge in [-0.1, -0.05) is 36.4 Å². The van der Waals surface area contributed by atoms with Gasteiger partial charge in [0.05, 0.1) is 16.3 Å². The zero-order valence-electron chi connectivity index (χ0n) is 17.5. The van der Waals surface area contributed by atoms with E-state index in [0.29, 0.717) is 11.4 Å². The lowest BCUT2D eigenvalue weighted by Crippen LogP contribution is -2.27. The summed E-state index contributed by atoms with van der Waals surface area (Å²) in [6.07, 6.45) is 0. The van der Waals surface area contributed by atoms with Crippen LogP contribution in [0.4, 0.5) is 22.7 Å². The lowest BCUT2D eigenvalue weighted by atomic mass is 10.1. The van der Waals surface area contributed by atoms with Crippen LogP contribution in [0.25, 0.3) is 0 Å². The summed E-state index contributed by atoms with van der Waals surface area (Å²) in [5.41, 5.74) is 4.22. The fraction of sp³-hybridized carbons (Fsp3) is 0.217. The van der Waals surface area contributed by atoms with Gasteiger partial charge < -0.3 is 9.80 Å². The fourth-order valence-corrected chi connectivity index (χ4v) is 4.90. The molecule has 0 saturated carbocycles. The number of benzene rings is 3. The number of hydrogen-bond donors (Lipinski definition) is 0. The van der Waals surface area contributed by atoms with Crippen molar-refractivity contribution in [2.24, 2.45) is 0 Å². The van der Waals surface area contributed by atoms with E-state index in [4.69, 9.17) is 0 Å². The maximum Gasteiger partial charge on any atom is 0.268 e. The second-order valence-corrected chi connectivity index (χ2v) is 9.10. The van der Waals surface area contributed by atoms with E-state index in [1.54, 1.807) is 24.3 Å². The van der Waals surface area contributed by atoms with Crippen LogP contribution in [0, 0.1) is 6.92 Å². The van der Waals surface area contributed by atoms with Crippen molar-refractivity contribution in [1.82, 2.24) is 0 Å². The minimum Gasteiger partial charge on any atom is -0.377 e. The Morgan fingerprint density at radius 1 is 0.655 bits per heavy atom. The highest BCUT2D eigenvalue weighted by atomic mass is 32.2. The molecular weight excluding hydrogens is 382 g/mol. The summed E-state index contributed by atoms with van der Waals surface area (Å²) in [6, 6.07) is 21.6. The van der Waals surface area contributed by atoms with E-state index in [-0.39, 0.29) is 4.90 Å². The summed E-state index contributed by atoms with van der Waals surface area (Å²) in [4.78, 5) is 4.26. The Morgan fingerprint density at radius 2 is 1.10 bits per heavy atom. The van der Waals surface area contributed by atoms with Crippen LogP contribution in [0.15, 0.2) is 77.7 Å². The normalized spacial score (nSPS) is 11.2. The second kappa shape index (κ2) is 8.17. The number of para-hydroxylation sites is 1. The van der Waals surface area contributed by atoms with E-state index in [0.717, 1.165) is 16.9 Å². The molecule has 3 aromatic carbocycles.